The number of aliphatic hydroxyl groups excluding tert-OH is 4. The maximum absolute atomic E-state index is 13.2. The molecule has 5 N–H and O–H groups in total. The fourth-order valence-corrected chi connectivity index (χ4v) is 10.1. The zero-order valence-corrected chi connectivity index (χ0v) is 42.5. The molecular weight excluding hydrogens is 989 g/mol. The fraction of sp³-hybridized carbons (Fsp3) is 0.396. The van der Waals surface area contributed by atoms with Crippen LogP contribution in [0.15, 0.2) is 94.7 Å². The Bertz CT molecular complexity index is 3000. The third-order valence-electron chi connectivity index (χ3n) is 12.0. The summed E-state index contributed by atoms with van der Waals surface area (Å²) >= 11 is 0. The average molecular weight is 1060 g/mol. The average Bonchev–Trinajstić information content (AvgIpc) is 3.28. The molecule has 1 saturated heterocycles. The SMILES string of the molecule is C.C.C.CC1OC(CO)C(O)C(O)C1O.Cc1cc2c(c(C)c1C)C(=O)c1c(C)c(C)c(C)c(C)c1C2=O.Cc1cccc(S(=O)(=O)CCOS(C)(=O)=O)c1.O=S(=O)(Oc1ccccc1)c1ccc(O)cc1. The zero-order chi connectivity index (χ0) is 51.9. The van der Waals surface area contributed by atoms with Crippen LogP contribution in [0.4, 0.5) is 0 Å². The maximum atomic E-state index is 13.2. The summed E-state index contributed by atoms with van der Waals surface area (Å²) in [5, 5.41) is 45.5. The van der Waals surface area contributed by atoms with Crippen molar-refractivity contribution >= 4 is 41.6 Å². The highest BCUT2D eigenvalue weighted by Gasteiger charge is 2.41. The summed E-state index contributed by atoms with van der Waals surface area (Å²) in [5.74, 6) is -0.114. The van der Waals surface area contributed by atoms with Crippen LogP contribution in [0.5, 0.6) is 11.5 Å². The van der Waals surface area contributed by atoms with Crippen molar-refractivity contribution in [3.63, 3.8) is 0 Å². The molecule has 2 aliphatic rings. The number of rotatable bonds is 9. The van der Waals surface area contributed by atoms with Gasteiger partial charge in [-0.05, 0) is 161 Å². The van der Waals surface area contributed by atoms with E-state index in [2.05, 4.69) is 4.18 Å². The Morgan fingerprint density at radius 1 is 0.597 bits per heavy atom. The van der Waals surface area contributed by atoms with Crippen LogP contribution in [-0.4, -0.2) is 118 Å². The summed E-state index contributed by atoms with van der Waals surface area (Å²) in [6.45, 7) is 16.5. The summed E-state index contributed by atoms with van der Waals surface area (Å²) in [6.07, 6.45) is -4.06. The van der Waals surface area contributed by atoms with Gasteiger partial charge in [0.25, 0.3) is 10.1 Å². The number of carbonyl (C=O) groups is 2. The number of sulfone groups is 1. The van der Waals surface area contributed by atoms with Crippen molar-refractivity contribution in [2.45, 2.75) is 125 Å². The van der Waals surface area contributed by atoms with E-state index in [9.17, 15) is 50.2 Å². The summed E-state index contributed by atoms with van der Waals surface area (Å²) in [5.41, 5.74) is 10.3. The number of aryl methyl sites for hydroxylation is 2. The van der Waals surface area contributed by atoms with Crippen LogP contribution < -0.4 is 4.18 Å². The first-order valence-corrected chi connectivity index (χ1v) is 26.5. The van der Waals surface area contributed by atoms with Crippen molar-refractivity contribution in [2.24, 2.45) is 0 Å². The molecule has 0 bridgehead atoms. The molecule has 1 heterocycles. The molecule has 1 aliphatic heterocycles. The van der Waals surface area contributed by atoms with Gasteiger partial charge in [-0.2, -0.15) is 16.8 Å². The van der Waals surface area contributed by atoms with Crippen LogP contribution in [0.25, 0.3) is 0 Å². The standard InChI is InChI=1S/C21H22O2.C12H10O4S.C10H14O5S2.C7H14O5.3CH4/c1-9-8-16-17(13(5)10(9)2)21(23)19-15(7)12(4)11(3)14(6)18(19)20(16)22;13-10-6-8-12(9-7-10)17(14,15)16-11-4-2-1-3-5-11;1-9-4-3-5-10(8-9)17(13,14)7-6-15-16(2,11)12;1-3-5(9)7(11)6(10)4(2-8)12-3;;;/h8H,1-7H3;1-9,13H;3-5,8H,6-7H2,1-2H3;3-11H,2H2,1H3;3*1H4. The van der Waals surface area contributed by atoms with Gasteiger partial charge in [0, 0.05) is 22.3 Å². The number of hydrogen-bond acceptors (Lipinski definition) is 16. The van der Waals surface area contributed by atoms with Gasteiger partial charge in [-0.15, -0.1) is 0 Å². The van der Waals surface area contributed by atoms with Crippen LogP contribution in [-0.2, 0) is 39.0 Å². The number of para-hydroxylation sites is 1. The highest BCUT2D eigenvalue weighted by atomic mass is 32.2. The topological polar surface area (TPSA) is 265 Å². The quantitative estimate of drug-likeness (QED) is 0.0891. The van der Waals surface area contributed by atoms with E-state index >= 15 is 0 Å². The Balaban J connectivity index is 0.000000485. The number of aliphatic hydroxyl groups is 4. The summed E-state index contributed by atoms with van der Waals surface area (Å²) in [7, 11) is -10.9. The van der Waals surface area contributed by atoms with Crippen LogP contribution >= 0.6 is 0 Å². The summed E-state index contributed by atoms with van der Waals surface area (Å²) in [6, 6.07) is 21.7. The first-order chi connectivity index (χ1) is 32.0. The van der Waals surface area contributed by atoms with Gasteiger partial charge >= 0.3 is 10.1 Å². The number of benzene rings is 5. The largest absolute Gasteiger partial charge is 0.508 e. The van der Waals surface area contributed by atoms with Gasteiger partial charge in [0.1, 0.15) is 40.8 Å². The first-order valence-electron chi connectivity index (χ1n) is 21.6. The number of hydrogen-bond donors (Lipinski definition) is 5. The van der Waals surface area contributed by atoms with E-state index in [4.69, 9.17) is 19.1 Å². The van der Waals surface area contributed by atoms with E-state index in [0.29, 0.717) is 22.3 Å². The first kappa shape index (κ1) is 64.7. The third kappa shape index (κ3) is 15.6. The maximum Gasteiger partial charge on any atom is 0.339 e. The number of ketones is 2. The van der Waals surface area contributed by atoms with Crippen LogP contribution in [0.1, 0.15) is 106 Å². The van der Waals surface area contributed by atoms with Crippen LogP contribution in [0.2, 0.25) is 0 Å². The lowest BCUT2D eigenvalue weighted by Crippen LogP contribution is -2.57. The van der Waals surface area contributed by atoms with Gasteiger partial charge in [-0.3, -0.25) is 13.8 Å². The summed E-state index contributed by atoms with van der Waals surface area (Å²) < 4.78 is 82.9. The van der Waals surface area contributed by atoms with E-state index < -0.39 is 60.6 Å². The second kappa shape index (κ2) is 26.6. The normalized spacial score (nSPS) is 18.0. The van der Waals surface area contributed by atoms with Crippen LogP contribution in [0.3, 0.4) is 0 Å². The Morgan fingerprint density at radius 3 is 1.64 bits per heavy atom. The van der Waals surface area contributed by atoms with E-state index in [0.717, 1.165) is 50.8 Å². The molecule has 5 aromatic carbocycles. The molecule has 5 aromatic rings. The smallest absolute Gasteiger partial charge is 0.339 e. The lowest BCUT2D eigenvalue weighted by molar-refractivity contribution is -0.224. The molecule has 5 unspecified atom stereocenters. The second-order valence-electron chi connectivity index (χ2n) is 16.8. The fourth-order valence-electron chi connectivity index (χ4n) is 7.47. The van der Waals surface area contributed by atoms with E-state index in [1.165, 1.54) is 36.4 Å². The molecule has 1 aliphatic carbocycles. The highest BCUT2D eigenvalue weighted by molar-refractivity contribution is 7.91. The molecule has 0 amide bonds. The zero-order valence-electron chi connectivity index (χ0n) is 40.0. The predicted molar refractivity (Wildman–Crippen MR) is 279 cm³/mol. The predicted octanol–water partition coefficient (Wildman–Crippen LogP) is 7.28. The molecule has 5 atom stereocenters. The van der Waals surface area contributed by atoms with Gasteiger partial charge < -0.3 is 34.5 Å². The molecule has 7 rings (SSSR count). The van der Waals surface area contributed by atoms with Gasteiger partial charge in [0.15, 0.2) is 21.4 Å². The minimum atomic E-state index is -3.84. The highest BCUT2D eigenvalue weighted by Crippen LogP contribution is 2.37. The lowest BCUT2D eigenvalue weighted by atomic mass is 9.75. The van der Waals surface area contributed by atoms with Crippen molar-refractivity contribution in [1.82, 2.24) is 0 Å². The number of carbonyl (C=O) groups excluding carboxylic acids is 2. The van der Waals surface area contributed by atoms with Crippen LogP contribution in [0, 0.1) is 55.4 Å². The van der Waals surface area contributed by atoms with E-state index in [1.807, 2.05) is 54.5 Å². The number of phenolic OH excluding ortho intramolecular Hbond substituents is 1. The Kier molecular flexibility index (Phi) is 23.9. The Morgan fingerprint density at radius 2 is 1.12 bits per heavy atom. The van der Waals surface area contributed by atoms with Crippen molar-refractivity contribution in [2.75, 3.05) is 25.2 Å². The lowest BCUT2D eigenvalue weighted by Gasteiger charge is -2.38. The number of ether oxygens (including phenoxy) is 1. The van der Waals surface area contributed by atoms with Crippen molar-refractivity contribution < 1.29 is 73.5 Å². The van der Waals surface area contributed by atoms with E-state index in [-0.39, 0.29) is 74.1 Å². The molecule has 19 heteroatoms. The summed E-state index contributed by atoms with van der Waals surface area (Å²) in [4.78, 5) is 26.6. The second-order valence-corrected chi connectivity index (χ2v) is 22.1. The molecule has 16 nitrogen and oxygen atoms in total. The molecular formula is C53H72O16S3. The molecule has 72 heavy (non-hydrogen) atoms. The molecule has 0 radical (unpaired) electrons. The molecule has 0 aromatic heterocycles. The molecule has 0 spiro atoms. The molecule has 0 saturated carbocycles. The van der Waals surface area contributed by atoms with Gasteiger partial charge in [0.2, 0.25) is 0 Å². The van der Waals surface area contributed by atoms with E-state index in [1.54, 1.807) is 56.3 Å². The van der Waals surface area contributed by atoms with Gasteiger partial charge in [-0.25, -0.2) is 8.42 Å². The Hall–Kier alpha value is -5.35. The third-order valence-corrected chi connectivity index (χ3v) is 15.5. The number of aromatic hydroxyl groups is 1. The van der Waals surface area contributed by atoms with Crippen molar-refractivity contribution in [3.8, 4) is 11.5 Å². The van der Waals surface area contributed by atoms with Gasteiger partial charge in [-0.1, -0.05) is 52.6 Å². The minimum absolute atomic E-state index is 0. The molecule has 398 valence electrons. The monoisotopic (exact) mass is 1060 g/mol. The van der Waals surface area contributed by atoms with Crippen molar-refractivity contribution in [1.29, 1.82) is 0 Å². The van der Waals surface area contributed by atoms with Crippen molar-refractivity contribution in [3.05, 3.63) is 152 Å². The van der Waals surface area contributed by atoms with Gasteiger partial charge in [0.05, 0.1) is 36.2 Å². The Labute approximate surface area is 426 Å². The minimum Gasteiger partial charge on any atom is -0.508 e. The number of fused-ring (bicyclic) bond motifs is 2. The number of phenols is 1. The molecule has 1 fully saturated rings.